The van der Waals surface area contributed by atoms with E-state index >= 15 is 0 Å². The summed E-state index contributed by atoms with van der Waals surface area (Å²) in [5, 5.41) is 5.15. The van der Waals surface area contributed by atoms with E-state index in [0.29, 0.717) is 17.3 Å². The van der Waals surface area contributed by atoms with Gasteiger partial charge in [-0.3, -0.25) is 0 Å². The number of hydrogen-bond acceptors (Lipinski definition) is 3. The van der Waals surface area contributed by atoms with Gasteiger partial charge in [-0.1, -0.05) is 18.0 Å². The van der Waals surface area contributed by atoms with Gasteiger partial charge >= 0.3 is 0 Å². The van der Waals surface area contributed by atoms with Crippen LogP contribution >= 0.6 is 23.4 Å². The van der Waals surface area contributed by atoms with Crippen molar-refractivity contribution in [3.8, 4) is 5.75 Å². The summed E-state index contributed by atoms with van der Waals surface area (Å²) in [7, 11) is 0. The molecule has 106 valence electrons. The number of rotatable bonds is 3. The first-order valence-electron chi connectivity index (χ1n) is 7.32. The number of halogens is 1. The maximum atomic E-state index is 6.45. The Hall–Kier alpha value is -0.350. The molecule has 0 amide bonds. The van der Waals surface area contributed by atoms with Gasteiger partial charge in [0.25, 0.3) is 0 Å². The minimum absolute atomic E-state index is 0.339. The van der Waals surface area contributed by atoms with E-state index < -0.39 is 0 Å². The Balaban J connectivity index is 1.67. The van der Waals surface area contributed by atoms with E-state index in [1.54, 1.807) is 6.20 Å². The quantitative estimate of drug-likeness (QED) is 0.832. The Kier molecular flexibility index (Phi) is 4.59. The molecular weight excluding hydrogens is 280 g/mol. The summed E-state index contributed by atoms with van der Waals surface area (Å²) < 4.78 is 8.01. The number of ether oxygens (including phenoxy) is 1. The highest BCUT2D eigenvalue weighted by Crippen LogP contribution is 2.34. The topological polar surface area (TPSA) is 27.1 Å². The standard InChI is InChI=1S/C14H21ClN2OS/c15-14-13(18-12-4-2-1-3-5-12)10-16-17(14)11-6-8-19-9-7-11/h10-12H,1-9H2. The third kappa shape index (κ3) is 3.22. The molecule has 0 spiro atoms. The first-order valence-corrected chi connectivity index (χ1v) is 8.85. The van der Waals surface area contributed by atoms with Crippen LogP contribution in [-0.2, 0) is 0 Å². The summed E-state index contributed by atoms with van der Waals surface area (Å²) in [5.41, 5.74) is 0. The van der Waals surface area contributed by atoms with Crippen LogP contribution in [0.1, 0.15) is 51.0 Å². The van der Waals surface area contributed by atoms with Crippen molar-refractivity contribution in [2.24, 2.45) is 0 Å². The van der Waals surface area contributed by atoms with Crippen LogP contribution in [0.5, 0.6) is 5.75 Å². The largest absolute Gasteiger partial charge is 0.486 e. The predicted octanol–water partition coefficient (Wildman–Crippen LogP) is 4.32. The van der Waals surface area contributed by atoms with Gasteiger partial charge in [0, 0.05) is 0 Å². The molecule has 3 nitrogen and oxygen atoms in total. The molecule has 5 heteroatoms. The van der Waals surface area contributed by atoms with Crippen LogP contribution in [0.25, 0.3) is 0 Å². The molecule has 1 saturated heterocycles. The van der Waals surface area contributed by atoms with Crippen molar-refractivity contribution in [2.45, 2.75) is 57.1 Å². The van der Waals surface area contributed by atoms with E-state index in [4.69, 9.17) is 16.3 Å². The summed E-state index contributed by atoms with van der Waals surface area (Å²) in [4.78, 5) is 0. The van der Waals surface area contributed by atoms with E-state index in [2.05, 4.69) is 5.10 Å². The van der Waals surface area contributed by atoms with Crippen molar-refractivity contribution in [3.63, 3.8) is 0 Å². The summed E-state index contributed by atoms with van der Waals surface area (Å²) in [5.74, 6) is 3.20. The molecule has 0 aromatic carbocycles. The second kappa shape index (κ2) is 6.40. The normalized spacial score (nSPS) is 22.6. The molecule has 2 fully saturated rings. The highest BCUT2D eigenvalue weighted by Gasteiger charge is 2.23. The zero-order valence-electron chi connectivity index (χ0n) is 11.2. The van der Waals surface area contributed by atoms with Gasteiger partial charge in [0.1, 0.15) is 0 Å². The molecule has 3 rings (SSSR count). The summed E-state index contributed by atoms with van der Waals surface area (Å²) >= 11 is 8.46. The zero-order chi connectivity index (χ0) is 13.1. The van der Waals surface area contributed by atoms with Gasteiger partial charge < -0.3 is 4.74 Å². The maximum Gasteiger partial charge on any atom is 0.176 e. The highest BCUT2D eigenvalue weighted by atomic mass is 35.5. The van der Waals surface area contributed by atoms with Gasteiger partial charge in [0.15, 0.2) is 10.9 Å². The minimum Gasteiger partial charge on any atom is -0.486 e. The molecular formula is C14H21ClN2OS. The van der Waals surface area contributed by atoms with Crippen molar-refractivity contribution >= 4 is 23.4 Å². The lowest BCUT2D eigenvalue weighted by molar-refractivity contribution is 0.155. The first kappa shape index (κ1) is 13.6. The fourth-order valence-electron chi connectivity index (χ4n) is 2.96. The van der Waals surface area contributed by atoms with Crippen LogP contribution in [0.4, 0.5) is 0 Å². The first-order chi connectivity index (χ1) is 9.34. The molecule has 0 unspecified atom stereocenters. The lowest BCUT2D eigenvalue weighted by Crippen LogP contribution is -2.20. The second-order valence-electron chi connectivity index (χ2n) is 5.47. The molecule has 1 saturated carbocycles. The Morgan fingerprint density at radius 3 is 2.63 bits per heavy atom. The van der Waals surface area contributed by atoms with Gasteiger partial charge in [0.05, 0.1) is 18.3 Å². The van der Waals surface area contributed by atoms with Gasteiger partial charge in [-0.25, -0.2) is 4.68 Å². The van der Waals surface area contributed by atoms with Gasteiger partial charge in [-0.05, 0) is 50.0 Å². The van der Waals surface area contributed by atoms with Crippen LogP contribution in [0.3, 0.4) is 0 Å². The second-order valence-corrected chi connectivity index (χ2v) is 7.05. The number of hydrogen-bond donors (Lipinski definition) is 0. The highest BCUT2D eigenvalue weighted by molar-refractivity contribution is 7.99. The van der Waals surface area contributed by atoms with Crippen LogP contribution < -0.4 is 4.74 Å². The van der Waals surface area contributed by atoms with Gasteiger partial charge in [0.2, 0.25) is 0 Å². The Bertz CT molecular complexity index is 412. The average molecular weight is 301 g/mol. The molecule has 1 aromatic heterocycles. The summed E-state index contributed by atoms with van der Waals surface area (Å²) in [6.45, 7) is 0. The molecule has 0 N–H and O–H groups in total. The zero-order valence-corrected chi connectivity index (χ0v) is 12.8. The van der Waals surface area contributed by atoms with Crippen LogP contribution in [0, 0.1) is 0 Å². The predicted molar refractivity (Wildman–Crippen MR) is 80.3 cm³/mol. The van der Waals surface area contributed by atoms with Crippen molar-refractivity contribution in [2.75, 3.05) is 11.5 Å². The molecule has 1 aliphatic carbocycles. The number of aromatic nitrogens is 2. The van der Waals surface area contributed by atoms with Gasteiger partial charge in [-0.2, -0.15) is 16.9 Å². The molecule has 1 aliphatic heterocycles. The smallest absolute Gasteiger partial charge is 0.176 e. The fraction of sp³-hybridized carbons (Fsp3) is 0.786. The monoisotopic (exact) mass is 300 g/mol. The fourth-order valence-corrected chi connectivity index (χ4v) is 4.31. The third-order valence-corrected chi connectivity index (χ3v) is 5.49. The van der Waals surface area contributed by atoms with E-state index in [1.807, 2.05) is 16.4 Å². The van der Waals surface area contributed by atoms with E-state index in [-0.39, 0.29) is 0 Å². The minimum atomic E-state index is 0.339. The molecule has 2 aliphatic rings. The van der Waals surface area contributed by atoms with Crippen molar-refractivity contribution in [1.82, 2.24) is 9.78 Å². The lowest BCUT2D eigenvalue weighted by atomic mass is 9.98. The Morgan fingerprint density at radius 1 is 1.16 bits per heavy atom. The SMILES string of the molecule is Clc1c(OC2CCCCC2)cnn1C1CCSCC1. The molecule has 0 atom stereocenters. The van der Waals surface area contributed by atoms with Crippen LogP contribution in [0.2, 0.25) is 5.15 Å². The third-order valence-electron chi connectivity index (χ3n) is 4.09. The molecule has 19 heavy (non-hydrogen) atoms. The average Bonchev–Trinajstić information content (AvgIpc) is 2.82. The molecule has 0 bridgehead atoms. The molecule has 2 heterocycles. The summed E-state index contributed by atoms with van der Waals surface area (Å²) in [6.07, 6.45) is 10.7. The lowest BCUT2D eigenvalue weighted by Gasteiger charge is -2.24. The molecule has 0 radical (unpaired) electrons. The van der Waals surface area contributed by atoms with Gasteiger partial charge in [-0.15, -0.1) is 0 Å². The number of thioether (sulfide) groups is 1. The van der Waals surface area contributed by atoms with Crippen LogP contribution in [-0.4, -0.2) is 27.4 Å². The molecule has 1 aromatic rings. The number of nitrogens with zero attached hydrogens (tertiary/aromatic N) is 2. The Labute approximate surface area is 124 Å². The van der Waals surface area contributed by atoms with E-state index in [0.717, 1.165) is 31.4 Å². The summed E-state index contributed by atoms with van der Waals surface area (Å²) in [6, 6.07) is 0.456. The maximum absolute atomic E-state index is 6.45. The van der Waals surface area contributed by atoms with Crippen LogP contribution in [0.15, 0.2) is 6.20 Å². The Morgan fingerprint density at radius 2 is 1.89 bits per heavy atom. The van der Waals surface area contributed by atoms with Crippen molar-refractivity contribution < 1.29 is 4.74 Å². The van der Waals surface area contributed by atoms with Crippen molar-refractivity contribution in [1.29, 1.82) is 0 Å². The van der Waals surface area contributed by atoms with Crippen molar-refractivity contribution in [3.05, 3.63) is 11.3 Å². The van der Waals surface area contributed by atoms with E-state index in [1.165, 1.54) is 30.8 Å². The van der Waals surface area contributed by atoms with E-state index in [9.17, 15) is 0 Å².